The molecule has 2 aliphatic rings. The van der Waals surface area contributed by atoms with Gasteiger partial charge in [0, 0.05) is 38.0 Å². The zero-order valence-electron chi connectivity index (χ0n) is 18.2. The molecule has 1 unspecified atom stereocenters. The highest BCUT2D eigenvalue weighted by atomic mass is 16.6. The molecule has 30 heavy (non-hydrogen) atoms. The molecule has 2 atom stereocenters. The van der Waals surface area contributed by atoms with Crippen molar-refractivity contribution < 1.29 is 28.7 Å². The third-order valence-electron chi connectivity index (χ3n) is 6.07. The Morgan fingerprint density at radius 1 is 1.17 bits per heavy atom. The molecule has 0 aromatic heterocycles. The zero-order valence-corrected chi connectivity index (χ0v) is 18.2. The molecular formula is C22H34N3O5+. The minimum atomic E-state index is -0.264. The second-order valence-corrected chi connectivity index (χ2v) is 7.92. The number of rotatable bonds is 7. The summed E-state index contributed by atoms with van der Waals surface area (Å²) in [4.78, 5) is 27.5. The number of quaternary nitrogens is 1. The number of hydrogen-bond acceptors (Lipinski definition) is 5. The van der Waals surface area contributed by atoms with E-state index in [0.717, 1.165) is 49.3 Å². The van der Waals surface area contributed by atoms with Crippen LogP contribution in [-0.2, 0) is 9.53 Å². The molecule has 1 aromatic rings. The van der Waals surface area contributed by atoms with Crippen molar-refractivity contribution in [1.82, 2.24) is 10.2 Å². The van der Waals surface area contributed by atoms with Crippen LogP contribution in [0.25, 0.3) is 0 Å². The van der Waals surface area contributed by atoms with Crippen molar-refractivity contribution in [2.45, 2.75) is 44.7 Å². The van der Waals surface area contributed by atoms with E-state index in [4.69, 9.17) is 14.2 Å². The van der Waals surface area contributed by atoms with Crippen molar-refractivity contribution >= 4 is 12.0 Å². The standard InChI is InChI=1S/C22H33N3O5/c1-4-30-22(27)24-12-9-16(10-13-24)23-21(26)15-25-11-5-6-19(25)18-8-7-17(28-2)14-20(18)29-3/h7-8,14,16,19H,4-6,9-13,15H2,1-3H3,(H,23,26)/p+1/t19-/m1/s1. The quantitative estimate of drug-likeness (QED) is 0.692. The highest BCUT2D eigenvalue weighted by Gasteiger charge is 2.34. The molecular weight excluding hydrogens is 386 g/mol. The van der Waals surface area contributed by atoms with Gasteiger partial charge >= 0.3 is 6.09 Å². The maximum Gasteiger partial charge on any atom is 0.409 e. The second kappa shape index (κ2) is 10.5. The van der Waals surface area contributed by atoms with Crippen LogP contribution in [0.1, 0.15) is 44.2 Å². The molecule has 2 heterocycles. The first-order valence-electron chi connectivity index (χ1n) is 10.8. The number of ether oxygens (including phenoxy) is 3. The Morgan fingerprint density at radius 2 is 1.93 bits per heavy atom. The molecule has 0 spiro atoms. The lowest BCUT2D eigenvalue weighted by molar-refractivity contribution is -0.910. The zero-order chi connectivity index (χ0) is 21.5. The van der Waals surface area contributed by atoms with Gasteiger partial charge < -0.3 is 29.3 Å². The minimum absolute atomic E-state index is 0.0685. The van der Waals surface area contributed by atoms with Crippen LogP contribution < -0.4 is 19.7 Å². The SMILES string of the molecule is CCOC(=O)N1CCC(NC(=O)C[NH+]2CCC[C@@H]2c2ccc(OC)cc2OC)CC1. The smallest absolute Gasteiger partial charge is 0.409 e. The minimum Gasteiger partial charge on any atom is -0.497 e. The van der Waals surface area contributed by atoms with Crippen molar-refractivity contribution in [3.63, 3.8) is 0 Å². The summed E-state index contributed by atoms with van der Waals surface area (Å²) in [5.41, 5.74) is 1.13. The van der Waals surface area contributed by atoms with Crippen LogP contribution in [0.2, 0.25) is 0 Å². The van der Waals surface area contributed by atoms with Crippen LogP contribution in [0, 0.1) is 0 Å². The molecule has 3 rings (SSSR count). The summed E-state index contributed by atoms with van der Waals surface area (Å²) in [7, 11) is 3.31. The van der Waals surface area contributed by atoms with E-state index < -0.39 is 0 Å². The molecule has 0 saturated carbocycles. The fourth-order valence-corrected chi connectivity index (χ4v) is 4.51. The van der Waals surface area contributed by atoms with Gasteiger partial charge in [-0.1, -0.05) is 0 Å². The highest BCUT2D eigenvalue weighted by molar-refractivity contribution is 5.77. The first kappa shape index (κ1) is 22.2. The Bertz CT molecular complexity index is 733. The first-order valence-corrected chi connectivity index (χ1v) is 10.8. The summed E-state index contributed by atoms with van der Waals surface area (Å²) in [5.74, 6) is 1.64. The van der Waals surface area contributed by atoms with E-state index >= 15 is 0 Å². The molecule has 0 radical (unpaired) electrons. The number of benzene rings is 1. The lowest BCUT2D eigenvalue weighted by atomic mass is 10.0. The molecule has 0 aliphatic carbocycles. The van der Waals surface area contributed by atoms with Crippen molar-refractivity contribution in [3.05, 3.63) is 23.8 Å². The highest BCUT2D eigenvalue weighted by Crippen LogP contribution is 2.31. The number of carbonyl (C=O) groups is 2. The lowest BCUT2D eigenvalue weighted by Gasteiger charge is -2.32. The Kier molecular flexibility index (Phi) is 7.79. The van der Waals surface area contributed by atoms with Crippen LogP contribution in [0.4, 0.5) is 4.79 Å². The number of piperidine rings is 1. The number of nitrogens with zero attached hydrogens (tertiary/aromatic N) is 1. The number of amides is 2. The number of carbonyl (C=O) groups excluding carboxylic acids is 2. The van der Waals surface area contributed by atoms with Crippen molar-refractivity contribution in [2.75, 3.05) is 47.0 Å². The fourth-order valence-electron chi connectivity index (χ4n) is 4.51. The van der Waals surface area contributed by atoms with Gasteiger partial charge in [0.2, 0.25) is 0 Å². The predicted molar refractivity (Wildman–Crippen MR) is 112 cm³/mol. The third kappa shape index (κ3) is 5.36. The largest absolute Gasteiger partial charge is 0.497 e. The van der Waals surface area contributed by atoms with E-state index in [2.05, 4.69) is 11.4 Å². The van der Waals surface area contributed by atoms with Gasteiger partial charge in [-0.05, 0) is 31.9 Å². The monoisotopic (exact) mass is 420 g/mol. The van der Waals surface area contributed by atoms with Crippen LogP contribution in [0.15, 0.2) is 18.2 Å². The molecule has 2 aliphatic heterocycles. The Labute approximate surface area is 178 Å². The molecule has 8 heteroatoms. The van der Waals surface area contributed by atoms with Crippen LogP contribution in [-0.4, -0.2) is 69.9 Å². The van der Waals surface area contributed by atoms with Gasteiger partial charge in [-0.15, -0.1) is 0 Å². The fraction of sp³-hybridized carbons (Fsp3) is 0.636. The van der Waals surface area contributed by atoms with Gasteiger partial charge in [-0.3, -0.25) is 4.79 Å². The molecule has 8 nitrogen and oxygen atoms in total. The van der Waals surface area contributed by atoms with Gasteiger partial charge in [0.25, 0.3) is 5.91 Å². The van der Waals surface area contributed by atoms with E-state index in [1.54, 1.807) is 26.0 Å². The summed E-state index contributed by atoms with van der Waals surface area (Å²) in [6.07, 6.45) is 3.37. The lowest BCUT2D eigenvalue weighted by Crippen LogP contribution is -3.11. The number of nitrogens with one attached hydrogen (secondary N) is 2. The average Bonchev–Trinajstić information content (AvgIpc) is 3.21. The van der Waals surface area contributed by atoms with E-state index in [1.165, 1.54) is 4.90 Å². The number of hydrogen-bond donors (Lipinski definition) is 2. The van der Waals surface area contributed by atoms with Gasteiger partial charge in [0.1, 0.15) is 17.5 Å². The molecule has 166 valence electrons. The summed E-state index contributed by atoms with van der Waals surface area (Å²) in [6.45, 7) is 4.83. The van der Waals surface area contributed by atoms with Gasteiger partial charge in [0.15, 0.2) is 6.54 Å². The maximum absolute atomic E-state index is 12.7. The summed E-state index contributed by atoms with van der Waals surface area (Å²) >= 11 is 0. The molecule has 2 fully saturated rings. The predicted octanol–water partition coefficient (Wildman–Crippen LogP) is 1.16. The second-order valence-electron chi connectivity index (χ2n) is 7.92. The van der Waals surface area contributed by atoms with Gasteiger partial charge in [-0.25, -0.2) is 4.79 Å². The van der Waals surface area contributed by atoms with Crippen LogP contribution in [0.5, 0.6) is 11.5 Å². The number of methoxy groups -OCH3 is 2. The normalized spacial score (nSPS) is 21.9. The van der Waals surface area contributed by atoms with E-state index in [1.807, 2.05) is 12.1 Å². The van der Waals surface area contributed by atoms with Crippen molar-refractivity contribution in [2.24, 2.45) is 0 Å². The average molecular weight is 421 g/mol. The Hall–Kier alpha value is -2.48. The molecule has 2 amide bonds. The van der Waals surface area contributed by atoms with Crippen molar-refractivity contribution in [3.8, 4) is 11.5 Å². The summed E-state index contributed by atoms with van der Waals surface area (Å²) in [5, 5.41) is 3.17. The van der Waals surface area contributed by atoms with Gasteiger partial charge in [0.05, 0.1) is 32.9 Å². The van der Waals surface area contributed by atoms with E-state index in [0.29, 0.717) is 26.2 Å². The van der Waals surface area contributed by atoms with Crippen molar-refractivity contribution in [1.29, 1.82) is 0 Å². The van der Waals surface area contributed by atoms with Gasteiger partial charge in [-0.2, -0.15) is 0 Å². The number of likely N-dealkylation sites (tertiary alicyclic amines) is 2. The third-order valence-corrected chi connectivity index (χ3v) is 6.07. The molecule has 2 saturated heterocycles. The summed E-state index contributed by atoms with van der Waals surface area (Å²) < 4.78 is 15.9. The molecule has 1 aromatic carbocycles. The van der Waals surface area contributed by atoms with Crippen LogP contribution in [0.3, 0.4) is 0 Å². The van der Waals surface area contributed by atoms with E-state index in [-0.39, 0.29) is 24.1 Å². The molecule has 2 N–H and O–H groups in total. The Morgan fingerprint density at radius 3 is 2.60 bits per heavy atom. The topological polar surface area (TPSA) is 81.5 Å². The Balaban J connectivity index is 1.53. The molecule has 0 bridgehead atoms. The van der Waals surface area contributed by atoms with E-state index in [9.17, 15) is 9.59 Å². The maximum atomic E-state index is 12.7. The summed E-state index contributed by atoms with van der Waals surface area (Å²) in [6, 6.07) is 6.26. The van der Waals surface area contributed by atoms with Crippen LogP contribution >= 0.6 is 0 Å². The first-order chi connectivity index (χ1) is 14.5.